The van der Waals surface area contributed by atoms with Crippen molar-refractivity contribution in [3.05, 3.63) is 23.8 Å². The van der Waals surface area contributed by atoms with Gasteiger partial charge in [-0.15, -0.1) is 0 Å². The molecule has 2 rings (SSSR count). The Morgan fingerprint density at radius 2 is 2.15 bits per heavy atom. The average Bonchev–Trinajstić information content (AvgIpc) is 2.92. The van der Waals surface area contributed by atoms with Crippen LogP contribution in [0.4, 0.5) is 5.82 Å². The number of aromatic amines is 1. The molecule has 2 aromatic rings. The smallest absolute Gasteiger partial charge is 0.171 e. The lowest BCUT2D eigenvalue weighted by Crippen LogP contribution is -2.09. The van der Waals surface area contributed by atoms with Gasteiger partial charge in [0.15, 0.2) is 5.16 Å². The third kappa shape index (κ3) is 3.50. The van der Waals surface area contributed by atoms with Gasteiger partial charge < -0.3 is 10.3 Å². The van der Waals surface area contributed by atoms with Gasteiger partial charge in [0.2, 0.25) is 0 Å². The molecule has 0 aliphatic heterocycles. The van der Waals surface area contributed by atoms with Gasteiger partial charge in [-0.25, -0.2) is 15.0 Å². The first-order chi connectivity index (χ1) is 9.61. The Hall–Kier alpha value is -1.56. The second-order valence-electron chi connectivity index (χ2n) is 4.94. The van der Waals surface area contributed by atoms with E-state index in [2.05, 4.69) is 46.0 Å². The van der Waals surface area contributed by atoms with E-state index in [1.165, 1.54) is 0 Å². The van der Waals surface area contributed by atoms with Crippen LogP contribution in [0.5, 0.6) is 0 Å². The van der Waals surface area contributed by atoms with Crippen LogP contribution in [0.3, 0.4) is 0 Å². The lowest BCUT2D eigenvalue weighted by molar-refractivity contribution is 0.746. The van der Waals surface area contributed by atoms with Crippen LogP contribution >= 0.6 is 11.8 Å². The molecule has 2 heterocycles. The predicted molar refractivity (Wildman–Crippen MR) is 82.3 cm³/mol. The van der Waals surface area contributed by atoms with E-state index in [-0.39, 0.29) is 0 Å². The minimum atomic E-state index is 0.300. The Labute approximate surface area is 124 Å². The molecular formula is C14H21N5S. The van der Waals surface area contributed by atoms with Crippen LogP contribution < -0.4 is 5.32 Å². The van der Waals surface area contributed by atoms with Crippen LogP contribution in [0.25, 0.3) is 0 Å². The number of H-pyrrole nitrogens is 1. The summed E-state index contributed by atoms with van der Waals surface area (Å²) in [6.45, 7) is 9.32. The molecule has 0 bridgehead atoms. The Bertz CT molecular complexity index is 551. The van der Waals surface area contributed by atoms with E-state index in [0.29, 0.717) is 5.92 Å². The van der Waals surface area contributed by atoms with E-state index >= 15 is 0 Å². The first-order valence-electron chi connectivity index (χ1n) is 6.91. The summed E-state index contributed by atoms with van der Waals surface area (Å²) >= 11 is 1.54. The first-order valence-corrected chi connectivity index (χ1v) is 7.73. The largest absolute Gasteiger partial charge is 0.370 e. The number of hydrogen-bond donors (Lipinski definition) is 2. The molecule has 2 N–H and O–H groups in total. The number of nitrogens with zero attached hydrogens (tertiary/aromatic N) is 3. The van der Waals surface area contributed by atoms with Gasteiger partial charge in [0.25, 0.3) is 0 Å². The number of rotatable bonds is 6. The third-order valence-electron chi connectivity index (χ3n) is 2.84. The lowest BCUT2D eigenvalue weighted by atomic mass is 10.2. The van der Waals surface area contributed by atoms with Crippen LogP contribution in [-0.2, 0) is 0 Å². The van der Waals surface area contributed by atoms with Gasteiger partial charge in [0, 0.05) is 30.4 Å². The molecule has 0 aliphatic carbocycles. The van der Waals surface area contributed by atoms with E-state index in [9.17, 15) is 0 Å². The van der Waals surface area contributed by atoms with Crippen molar-refractivity contribution in [3.8, 4) is 0 Å². The maximum Gasteiger partial charge on any atom is 0.171 e. The van der Waals surface area contributed by atoms with Crippen LogP contribution in [0, 0.1) is 6.92 Å². The maximum absolute atomic E-state index is 4.67. The van der Waals surface area contributed by atoms with Crippen LogP contribution in [0.15, 0.2) is 22.6 Å². The van der Waals surface area contributed by atoms with Crippen molar-refractivity contribution in [3.63, 3.8) is 0 Å². The summed E-state index contributed by atoms with van der Waals surface area (Å²) in [5, 5.41) is 5.19. The van der Waals surface area contributed by atoms with E-state index in [1.807, 2.05) is 13.1 Å². The fourth-order valence-electron chi connectivity index (χ4n) is 1.68. The first kappa shape index (κ1) is 14.8. The highest BCUT2D eigenvalue weighted by Gasteiger charge is 2.14. The molecule has 0 spiro atoms. The Morgan fingerprint density at radius 1 is 1.35 bits per heavy atom. The van der Waals surface area contributed by atoms with E-state index < -0.39 is 0 Å². The van der Waals surface area contributed by atoms with Crippen LogP contribution in [0.1, 0.15) is 44.5 Å². The second kappa shape index (κ2) is 6.74. The molecule has 0 fully saturated rings. The fourth-order valence-corrected chi connectivity index (χ4v) is 2.50. The Morgan fingerprint density at radius 3 is 2.75 bits per heavy atom. The molecule has 0 aromatic carbocycles. The molecule has 2 aromatic heterocycles. The third-order valence-corrected chi connectivity index (χ3v) is 3.85. The summed E-state index contributed by atoms with van der Waals surface area (Å²) in [5.41, 5.74) is 1.07. The highest BCUT2D eigenvalue weighted by atomic mass is 32.2. The number of hydrogen-bond acceptors (Lipinski definition) is 5. The van der Waals surface area contributed by atoms with Crippen molar-refractivity contribution in [1.29, 1.82) is 0 Å². The molecule has 0 unspecified atom stereocenters. The normalized spacial score (nSPS) is 11.1. The van der Waals surface area contributed by atoms with Crippen molar-refractivity contribution in [1.82, 2.24) is 19.9 Å². The average molecular weight is 291 g/mol. The quantitative estimate of drug-likeness (QED) is 0.796. The van der Waals surface area contributed by atoms with E-state index in [4.69, 9.17) is 0 Å². The molecule has 0 saturated carbocycles. The zero-order valence-electron chi connectivity index (χ0n) is 12.4. The molecule has 5 nitrogen and oxygen atoms in total. The van der Waals surface area contributed by atoms with Gasteiger partial charge in [-0.2, -0.15) is 0 Å². The Kier molecular flexibility index (Phi) is 5.00. The molecule has 108 valence electrons. The monoisotopic (exact) mass is 291 g/mol. The number of aromatic nitrogens is 4. The van der Waals surface area contributed by atoms with E-state index in [0.717, 1.165) is 40.4 Å². The zero-order valence-corrected chi connectivity index (χ0v) is 13.2. The van der Waals surface area contributed by atoms with Gasteiger partial charge in [0.1, 0.15) is 16.7 Å². The predicted octanol–water partition coefficient (Wildman–Crippen LogP) is 3.60. The van der Waals surface area contributed by atoms with Crippen LogP contribution in [0.2, 0.25) is 0 Å². The summed E-state index contributed by atoms with van der Waals surface area (Å²) < 4.78 is 0. The van der Waals surface area contributed by atoms with Gasteiger partial charge in [-0.1, -0.05) is 20.8 Å². The molecule has 0 atom stereocenters. The van der Waals surface area contributed by atoms with Gasteiger partial charge in [0.05, 0.1) is 0 Å². The van der Waals surface area contributed by atoms with Crippen molar-refractivity contribution in [2.24, 2.45) is 0 Å². The topological polar surface area (TPSA) is 66.5 Å². The molecule has 6 heteroatoms. The fraction of sp³-hybridized carbons (Fsp3) is 0.500. The summed E-state index contributed by atoms with van der Waals surface area (Å²) in [6, 6.07) is 0. The molecule has 0 saturated heterocycles. The number of nitrogens with one attached hydrogen (secondary N) is 2. The van der Waals surface area contributed by atoms with E-state index in [1.54, 1.807) is 18.0 Å². The summed E-state index contributed by atoms with van der Waals surface area (Å²) in [7, 11) is 0. The van der Waals surface area contributed by atoms with Crippen molar-refractivity contribution < 1.29 is 0 Å². The molecular weight excluding hydrogens is 270 g/mol. The zero-order chi connectivity index (χ0) is 14.5. The van der Waals surface area contributed by atoms with Crippen molar-refractivity contribution in [2.75, 3.05) is 11.9 Å². The summed E-state index contributed by atoms with van der Waals surface area (Å²) in [5.74, 6) is 2.09. The molecule has 20 heavy (non-hydrogen) atoms. The summed E-state index contributed by atoms with van der Waals surface area (Å²) in [6.07, 6.45) is 4.64. The van der Waals surface area contributed by atoms with Crippen LogP contribution in [-0.4, -0.2) is 26.5 Å². The lowest BCUT2D eigenvalue weighted by Gasteiger charge is -2.14. The number of anilines is 1. The van der Waals surface area contributed by atoms with Crippen molar-refractivity contribution >= 4 is 17.6 Å². The van der Waals surface area contributed by atoms with Gasteiger partial charge >= 0.3 is 0 Å². The second-order valence-corrected chi connectivity index (χ2v) is 5.92. The molecule has 0 radical (unpaired) electrons. The summed E-state index contributed by atoms with van der Waals surface area (Å²) in [4.78, 5) is 16.6. The van der Waals surface area contributed by atoms with Gasteiger partial charge in [-0.05, 0) is 25.1 Å². The molecule has 0 amide bonds. The van der Waals surface area contributed by atoms with Gasteiger partial charge in [-0.3, -0.25) is 0 Å². The minimum absolute atomic E-state index is 0.300. The Balaban J connectivity index is 2.35. The standard InChI is InChI=1S/C14H21N5S/c1-5-6-15-12-10(4)13(19-11(18-12)9(2)3)20-14-16-7-8-17-14/h7-9H,5-6H2,1-4H3,(H,16,17)(H,15,18,19). The SMILES string of the molecule is CCCNc1nc(C(C)C)nc(Sc2ncc[nH]2)c1C. The number of imidazole rings is 1. The van der Waals surface area contributed by atoms with Crippen molar-refractivity contribution in [2.45, 2.75) is 50.2 Å². The molecule has 0 aliphatic rings. The highest BCUT2D eigenvalue weighted by molar-refractivity contribution is 7.99. The maximum atomic E-state index is 4.67. The minimum Gasteiger partial charge on any atom is -0.370 e. The highest BCUT2D eigenvalue weighted by Crippen LogP contribution is 2.30.